The number of nitrogens with one attached hydrogen (secondary N) is 2. The maximum Gasteiger partial charge on any atom is 0.407 e. The zero-order valence-corrected chi connectivity index (χ0v) is 20.7. The van der Waals surface area contributed by atoms with Crippen LogP contribution in [0.5, 0.6) is 6.01 Å². The number of methoxy groups -OCH3 is 1. The molecule has 36 heavy (non-hydrogen) atoms. The van der Waals surface area contributed by atoms with E-state index >= 15 is 0 Å². The van der Waals surface area contributed by atoms with Crippen molar-refractivity contribution in [3.05, 3.63) is 24.8 Å². The van der Waals surface area contributed by atoms with Crippen LogP contribution in [0.15, 0.2) is 24.8 Å². The number of ether oxygens (including phenoxy) is 2. The number of urea groups is 1. The number of halogens is 2. The zero-order chi connectivity index (χ0) is 26.3. The van der Waals surface area contributed by atoms with Gasteiger partial charge in [0, 0.05) is 30.0 Å². The first-order valence-corrected chi connectivity index (χ1v) is 11.6. The normalized spacial score (nSPS) is 17.9. The van der Waals surface area contributed by atoms with Crippen molar-refractivity contribution in [2.24, 2.45) is 0 Å². The molecule has 0 bridgehead atoms. The highest BCUT2D eigenvalue weighted by atomic mass is 19.3. The average molecular weight is 508 g/mol. The van der Waals surface area contributed by atoms with Crippen molar-refractivity contribution in [3.8, 4) is 17.3 Å². The van der Waals surface area contributed by atoms with Crippen molar-refractivity contribution >= 4 is 17.9 Å². The van der Waals surface area contributed by atoms with Crippen LogP contribution in [-0.2, 0) is 4.74 Å². The molecular formula is C23H31F2N7O4. The fraction of sp³-hybridized carbons (Fsp3) is 0.565. The van der Waals surface area contributed by atoms with Crippen LogP contribution in [0.4, 0.5) is 24.2 Å². The second-order valence-corrected chi connectivity index (χ2v) is 9.32. The molecule has 0 aliphatic heterocycles. The number of anilines is 1. The van der Waals surface area contributed by atoms with Crippen LogP contribution in [0.2, 0.25) is 0 Å². The molecule has 0 radical (unpaired) electrons. The summed E-state index contributed by atoms with van der Waals surface area (Å²) in [5, 5.41) is 5.10. The van der Waals surface area contributed by atoms with E-state index in [2.05, 4.69) is 30.6 Å². The molecule has 2 aromatic rings. The minimum atomic E-state index is -2.69. The lowest BCUT2D eigenvalue weighted by molar-refractivity contribution is 0.0491. The minimum absolute atomic E-state index is 0.120. The van der Waals surface area contributed by atoms with Gasteiger partial charge in [0.1, 0.15) is 5.60 Å². The van der Waals surface area contributed by atoms with Crippen molar-refractivity contribution in [2.45, 2.75) is 70.6 Å². The third-order valence-corrected chi connectivity index (χ3v) is 5.40. The lowest BCUT2D eigenvalue weighted by Gasteiger charge is -2.36. The van der Waals surface area contributed by atoms with Crippen molar-refractivity contribution in [2.75, 3.05) is 18.6 Å². The molecule has 2 N–H and O–H groups in total. The molecule has 0 saturated heterocycles. The summed E-state index contributed by atoms with van der Waals surface area (Å²) in [5.41, 5.74) is 0.459. The maximum absolute atomic E-state index is 12.9. The Morgan fingerprint density at radius 2 is 1.72 bits per heavy atom. The Kier molecular flexibility index (Phi) is 8.88. The largest absolute Gasteiger partial charge is 0.467 e. The van der Waals surface area contributed by atoms with Crippen molar-refractivity contribution in [3.63, 3.8) is 0 Å². The summed E-state index contributed by atoms with van der Waals surface area (Å²) in [6.45, 7) is 4.58. The highest BCUT2D eigenvalue weighted by Gasteiger charge is 2.32. The van der Waals surface area contributed by atoms with Crippen LogP contribution >= 0.6 is 0 Å². The van der Waals surface area contributed by atoms with E-state index in [0.717, 1.165) is 0 Å². The van der Waals surface area contributed by atoms with E-state index < -0.39 is 30.7 Å². The van der Waals surface area contributed by atoms with Gasteiger partial charge in [0.05, 0.1) is 31.7 Å². The van der Waals surface area contributed by atoms with Gasteiger partial charge in [-0.2, -0.15) is 0 Å². The zero-order valence-electron chi connectivity index (χ0n) is 20.7. The number of carbonyl (C=O) groups excluding carboxylic acids is 2. The molecule has 0 spiro atoms. The second kappa shape index (κ2) is 11.9. The van der Waals surface area contributed by atoms with Crippen LogP contribution in [-0.4, -0.2) is 69.8 Å². The molecule has 2 heterocycles. The number of rotatable bonds is 7. The summed E-state index contributed by atoms with van der Waals surface area (Å²) in [7, 11) is 1.46. The molecule has 0 atom stereocenters. The van der Waals surface area contributed by atoms with E-state index in [-0.39, 0.29) is 23.9 Å². The summed E-state index contributed by atoms with van der Waals surface area (Å²) >= 11 is 0. The van der Waals surface area contributed by atoms with Gasteiger partial charge < -0.3 is 20.1 Å². The number of carbonyl (C=O) groups is 2. The Balaban J connectivity index is 1.71. The van der Waals surface area contributed by atoms with Crippen molar-refractivity contribution in [1.82, 2.24) is 30.6 Å². The number of aromatic nitrogens is 4. The molecule has 1 aliphatic carbocycles. The van der Waals surface area contributed by atoms with Crippen molar-refractivity contribution in [1.29, 1.82) is 0 Å². The summed E-state index contributed by atoms with van der Waals surface area (Å²) < 4.78 is 35.8. The molecule has 3 rings (SSSR count). The molecule has 11 nitrogen and oxygen atoms in total. The Bertz CT molecular complexity index is 1010. The minimum Gasteiger partial charge on any atom is -0.467 e. The van der Waals surface area contributed by atoms with Gasteiger partial charge in [0.15, 0.2) is 5.82 Å². The Morgan fingerprint density at radius 1 is 1.06 bits per heavy atom. The standard InChI is InChI=1S/C23H31F2N7O4/c1-23(2,3)36-22(34)31-15-5-7-16(8-6-15)32(21(33)30-12-18(24)25)19-13-26-17(11-27-19)14-9-28-20(35-4)29-10-14/h9-11,13,15-16,18H,5-8,12H2,1-4H3,(H,30,33)(H,31,34)/t15-,16-. The lowest BCUT2D eigenvalue weighted by atomic mass is 9.90. The first-order chi connectivity index (χ1) is 17.1. The van der Waals surface area contributed by atoms with Crippen LogP contribution in [0.3, 0.4) is 0 Å². The second-order valence-electron chi connectivity index (χ2n) is 9.32. The van der Waals surface area contributed by atoms with Gasteiger partial charge in [0.2, 0.25) is 0 Å². The third kappa shape index (κ3) is 7.68. The van der Waals surface area contributed by atoms with Crippen LogP contribution in [0.1, 0.15) is 46.5 Å². The van der Waals surface area contributed by atoms with E-state index in [1.54, 1.807) is 20.8 Å². The number of nitrogens with zero attached hydrogens (tertiary/aromatic N) is 5. The molecule has 196 valence electrons. The van der Waals surface area contributed by atoms with Gasteiger partial charge in [0.25, 0.3) is 6.43 Å². The Hall–Kier alpha value is -3.64. The smallest absolute Gasteiger partial charge is 0.407 e. The number of amides is 3. The molecule has 3 amide bonds. The van der Waals surface area contributed by atoms with Gasteiger partial charge in [-0.3, -0.25) is 9.88 Å². The highest BCUT2D eigenvalue weighted by Crippen LogP contribution is 2.28. The molecule has 1 aliphatic rings. The number of alkyl carbamates (subject to hydrolysis) is 1. The lowest BCUT2D eigenvalue weighted by Crippen LogP contribution is -2.51. The topological polar surface area (TPSA) is 131 Å². The van der Waals surface area contributed by atoms with E-state index in [1.807, 2.05) is 0 Å². The van der Waals surface area contributed by atoms with Gasteiger partial charge in [-0.1, -0.05) is 0 Å². The molecule has 0 unspecified atom stereocenters. The molecule has 13 heteroatoms. The SMILES string of the molecule is COc1ncc(-c2cnc(N(C(=O)NCC(F)F)[C@H]3CC[C@H](NC(=O)OC(C)(C)C)CC3)cn2)cn1. The first-order valence-electron chi connectivity index (χ1n) is 11.6. The first kappa shape index (κ1) is 27.0. The monoisotopic (exact) mass is 507 g/mol. The fourth-order valence-electron chi connectivity index (χ4n) is 3.81. The van der Waals surface area contributed by atoms with Gasteiger partial charge >= 0.3 is 18.1 Å². The summed E-state index contributed by atoms with van der Waals surface area (Å²) in [6.07, 6.45) is 4.96. The molecule has 0 aromatic carbocycles. The van der Waals surface area contributed by atoms with Gasteiger partial charge in [-0.25, -0.2) is 33.3 Å². The highest BCUT2D eigenvalue weighted by molar-refractivity contribution is 5.91. The summed E-state index contributed by atoms with van der Waals surface area (Å²) in [6, 6.07) is -0.912. The van der Waals surface area contributed by atoms with E-state index in [0.29, 0.717) is 36.9 Å². The molecule has 2 aromatic heterocycles. The molecular weight excluding hydrogens is 476 g/mol. The third-order valence-electron chi connectivity index (χ3n) is 5.40. The predicted molar refractivity (Wildman–Crippen MR) is 127 cm³/mol. The predicted octanol–water partition coefficient (Wildman–Crippen LogP) is 3.56. The quantitative estimate of drug-likeness (QED) is 0.582. The number of hydrogen-bond donors (Lipinski definition) is 2. The fourth-order valence-corrected chi connectivity index (χ4v) is 3.81. The van der Waals surface area contributed by atoms with Crippen LogP contribution < -0.4 is 20.3 Å². The van der Waals surface area contributed by atoms with Crippen LogP contribution in [0, 0.1) is 0 Å². The van der Waals surface area contributed by atoms with E-state index in [9.17, 15) is 18.4 Å². The van der Waals surface area contributed by atoms with Crippen LogP contribution in [0.25, 0.3) is 11.3 Å². The Morgan fingerprint density at radius 3 is 2.25 bits per heavy atom. The number of hydrogen-bond acceptors (Lipinski definition) is 8. The maximum atomic E-state index is 12.9. The van der Waals surface area contributed by atoms with E-state index in [1.165, 1.54) is 36.8 Å². The molecule has 1 saturated carbocycles. The van der Waals surface area contributed by atoms with Crippen molar-refractivity contribution < 1.29 is 27.8 Å². The van der Waals surface area contributed by atoms with Gasteiger partial charge in [-0.05, 0) is 46.5 Å². The van der Waals surface area contributed by atoms with Gasteiger partial charge in [-0.15, -0.1) is 0 Å². The average Bonchev–Trinajstić information content (AvgIpc) is 2.83. The Labute approximate surface area is 208 Å². The number of alkyl halides is 2. The summed E-state index contributed by atoms with van der Waals surface area (Å²) in [5.74, 6) is 0.225. The molecule has 1 fully saturated rings. The van der Waals surface area contributed by atoms with E-state index in [4.69, 9.17) is 9.47 Å². The summed E-state index contributed by atoms with van der Waals surface area (Å²) in [4.78, 5) is 43.1.